The van der Waals surface area contributed by atoms with E-state index in [9.17, 15) is 22.4 Å². The number of halogens is 2. The van der Waals surface area contributed by atoms with E-state index in [4.69, 9.17) is 16.7 Å². The number of benzene rings is 1. The summed E-state index contributed by atoms with van der Waals surface area (Å²) in [5, 5.41) is 10.6. The van der Waals surface area contributed by atoms with E-state index in [-0.39, 0.29) is 6.42 Å². The molecule has 1 aromatic rings. The first-order chi connectivity index (χ1) is 9.69. The number of carbonyl (C=O) groups excluding carboxylic acids is 1. The molecule has 1 amide bonds. The number of aromatic carboxylic acids is 1. The number of carbonyl (C=O) groups is 2. The fourth-order valence-electron chi connectivity index (χ4n) is 1.53. The number of sulfone groups is 1. The lowest BCUT2D eigenvalue weighted by Gasteiger charge is -2.08. The molecule has 6 nitrogen and oxygen atoms in total. The maximum absolute atomic E-state index is 13.5. The van der Waals surface area contributed by atoms with Crippen molar-refractivity contribution in [1.82, 2.24) is 5.32 Å². The van der Waals surface area contributed by atoms with Crippen molar-refractivity contribution in [2.45, 2.75) is 18.2 Å². The van der Waals surface area contributed by atoms with Gasteiger partial charge in [-0.1, -0.05) is 11.6 Å². The fraction of sp³-hybridized carbons (Fsp3) is 0.333. The van der Waals surface area contributed by atoms with Crippen molar-refractivity contribution in [3.05, 3.63) is 28.5 Å². The minimum Gasteiger partial charge on any atom is -0.478 e. The summed E-state index contributed by atoms with van der Waals surface area (Å²) in [7, 11) is -3.99. The van der Waals surface area contributed by atoms with E-state index in [1.54, 1.807) is 6.92 Å². The van der Waals surface area contributed by atoms with Gasteiger partial charge in [-0.2, -0.15) is 0 Å². The maximum Gasteiger partial charge on any atom is 0.337 e. The van der Waals surface area contributed by atoms with Gasteiger partial charge in [-0.05, 0) is 19.1 Å². The maximum atomic E-state index is 13.5. The lowest BCUT2D eigenvalue weighted by Crippen LogP contribution is -2.25. The molecule has 9 heteroatoms. The highest BCUT2D eigenvalue weighted by molar-refractivity contribution is 7.91. The van der Waals surface area contributed by atoms with E-state index in [1.165, 1.54) is 0 Å². The molecular formula is C12H13ClFNO5S. The number of amides is 1. The highest BCUT2D eigenvalue weighted by atomic mass is 35.5. The summed E-state index contributed by atoms with van der Waals surface area (Å²) >= 11 is 5.46. The molecule has 0 aliphatic rings. The van der Waals surface area contributed by atoms with Crippen LogP contribution in [0.4, 0.5) is 4.39 Å². The Kier molecular flexibility index (Phi) is 5.68. The molecule has 0 aromatic heterocycles. The van der Waals surface area contributed by atoms with E-state index in [0.717, 1.165) is 6.07 Å². The molecular weight excluding hydrogens is 325 g/mol. The van der Waals surface area contributed by atoms with Crippen LogP contribution in [0, 0.1) is 5.82 Å². The van der Waals surface area contributed by atoms with Gasteiger partial charge in [-0.3, -0.25) is 4.79 Å². The zero-order valence-corrected chi connectivity index (χ0v) is 12.6. The van der Waals surface area contributed by atoms with Crippen molar-refractivity contribution in [3.8, 4) is 0 Å². The van der Waals surface area contributed by atoms with Crippen LogP contribution in [0.5, 0.6) is 0 Å². The molecule has 0 aliphatic heterocycles. The molecule has 2 N–H and O–H groups in total. The molecule has 0 radical (unpaired) electrons. The van der Waals surface area contributed by atoms with Crippen molar-refractivity contribution < 1.29 is 27.5 Å². The SMILES string of the molecule is CCNC(=O)CCS(=O)(=O)c1cc(F)c(Cl)c(C(=O)O)c1. The van der Waals surface area contributed by atoms with Gasteiger partial charge in [0.2, 0.25) is 5.91 Å². The van der Waals surface area contributed by atoms with Gasteiger partial charge in [0.15, 0.2) is 9.84 Å². The first kappa shape index (κ1) is 17.4. The summed E-state index contributed by atoms with van der Waals surface area (Å²) < 4.78 is 37.5. The van der Waals surface area contributed by atoms with E-state index in [0.29, 0.717) is 12.6 Å². The van der Waals surface area contributed by atoms with Gasteiger partial charge in [0.25, 0.3) is 0 Å². The minimum atomic E-state index is -3.99. The third kappa shape index (κ3) is 4.40. The Hall–Kier alpha value is -1.67. The third-order valence-electron chi connectivity index (χ3n) is 2.56. The quantitative estimate of drug-likeness (QED) is 0.818. The van der Waals surface area contributed by atoms with Gasteiger partial charge in [-0.25, -0.2) is 17.6 Å². The fourth-order valence-corrected chi connectivity index (χ4v) is 2.99. The van der Waals surface area contributed by atoms with Gasteiger partial charge < -0.3 is 10.4 Å². The number of rotatable bonds is 6. The Morgan fingerprint density at radius 1 is 1.38 bits per heavy atom. The first-order valence-electron chi connectivity index (χ1n) is 5.90. The van der Waals surface area contributed by atoms with Crippen molar-refractivity contribution in [2.75, 3.05) is 12.3 Å². The summed E-state index contributed by atoms with van der Waals surface area (Å²) in [5.41, 5.74) is -0.645. The summed E-state index contributed by atoms with van der Waals surface area (Å²) in [6, 6.07) is 1.42. The second-order valence-corrected chi connectivity index (χ2v) is 6.58. The molecule has 0 saturated carbocycles. The second-order valence-electron chi connectivity index (χ2n) is 4.09. The van der Waals surface area contributed by atoms with Crippen LogP contribution >= 0.6 is 11.6 Å². The van der Waals surface area contributed by atoms with Crippen molar-refractivity contribution >= 4 is 33.3 Å². The molecule has 0 unspecified atom stereocenters. The Bertz CT molecular complexity index is 674. The van der Waals surface area contributed by atoms with E-state index in [2.05, 4.69) is 5.32 Å². The van der Waals surface area contributed by atoms with Gasteiger partial charge in [0.1, 0.15) is 5.82 Å². The Balaban J connectivity index is 3.09. The molecule has 0 fully saturated rings. The second kappa shape index (κ2) is 6.86. The number of nitrogens with one attached hydrogen (secondary N) is 1. The van der Waals surface area contributed by atoms with E-state index in [1.807, 2.05) is 0 Å². The van der Waals surface area contributed by atoms with Gasteiger partial charge in [0, 0.05) is 13.0 Å². The zero-order valence-electron chi connectivity index (χ0n) is 11.0. The van der Waals surface area contributed by atoms with Crippen LogP contribution in [-0.4, -0.2) is 37.7 Å². The molecule has 1 aromatic carbocycles. The third-order valence-corrected chi connectivity index (χ3v) is 4.64. The van der Waals surface area contributed by atoms with E-state index < -0.39 is 48.8 Å². The molecule has 116 valence electrons. The Morgan fingerprint density at radius 2 is 2.00 bits per heavy atom. The predicted molar refractivity (Wildman–Crippen MR) is 73.7 cm³/mol. The molecule has 0 aliphatic carbocycles. The summed E-state index contributed by atoms with van der Waals surface area (Å²) in [6.07, 6.45) is -0.303. The van der Waals surface area contributed by atoms with Gasteiger partial charge in [0.05, 0.1) is 21.2 Å². The molecule has 0 bridgehead atoms. The average molecular weight is 338 g/mol. The molecule has 0 saturated heterocycles. The van der Waals surface area contributed by atoms with Gasteiger partial charge >= 0.3 is 5.97 Å². The first-order valence-corrected chi connectivity index (χ1v) is 7.94. The smallest absolute Gasteiger partial charge is 0.337 e. The molecule has 0 spiro atoms. The van der Waals surface area contributed by atoms with Crippen LogP contribution in [0.2, 0.25) is 5.02 Å². The molecule has 0 atom stereocenters. The van der Waals surface area contributed by atoms with Crippen molar-refractivity contribution in [3.63, 3.8) is 0 Å². The number of carboxylic acid groups (broad SMARTS) is 1. The lowest BCUT2D eigenvalue weighted by atomic mass is 10.2. The van der Waals surface area contributed by atoms with Gasteiger partial charge in [-0.15, -0.1) is 0 Å². The van der Waals surface area contributed by atoms with Crippen LogP contribution in [0.1, 0.15) is 23.7 Å². The Morgan fingerprint density at radius 3 is 2.52 bits per heavy atom. The predicted octanol–water partition coefficient (Wildman–Crippen LogP) is 1.48. The summed E-state index contributed by atoms with van der Waals surface area (Å²) in [4.78, 5) is 21.6. The van der Waals surface area contributed by atoms with Crippen LogP contribution < -0.4 is 5.32 Å². The van der Waals surface area contributed by atoms with Crippen LogP contribution in [0.3, 0.4) is 0 Å². The number of carboxylic acids is 1. The normalized spacial score (nSPS) is 11.2. The van der Waals surface area contributed by atoms with Crippen molar-refractivity contribution in [2.24, 2.45) is 0 Å². The summed E-state index contributed by atoms with van der Waals surface area (Å²) in [5.74, 6) is -3.71. The lowest BCUT2D eigenvalue weighted by molar-refractivity contribution is -0.120. The molecule has 1 rings (SSSR count). The number of hydrogen-bond donors (Lipinski definition) is 2. The largest absolute Gasteiger partial charge is 0.478 e. The van der Waals surface area contributed by atoms with Crippen LogP contribution in [0.15, 0.2) is 17.0 Å². The zero-order chi connectivity index (χ0) is 16.2. The van der Waals surface area contributed by atoms with Crippen LogP contribution in [0.25, 0.3) is 0 Å². The summed E-state index contributed by atoms with van der Waals surface area (Å²) in [6.45, 7) is 2.04. The highest BCUT2D eigenvalue weighted by Gasteiger charge is 2.22. The van der Waals surface area contributed by atoms with E-state index >= 15 is 0 Å². The topological polar surface area (TPSA) is 101 Å². The highest BCUT2D eigenvalue weighted by Crippen LogP contribution is 2.25. The van der Waals surface area contributed by atoms with Crippen molar-refractivity contribution in [1.29, 1.82) is 0 Å². The average Bonchev–Trinajstić information content (AvgIpc) is 2.39. The number of hydrogen-bond acceptors (Lipinski definition) is 4. The molecule has 0 heterocycles. The standard InChI is InChI=1S/C12H13ClFNO5S/c1-2-15-10(16)3-4-21(19,20)7-5-8(12(17)18)11(13)9(14)6-7/h5-6H,2-4H2,1H3,(H,15,16)(H,17,18). The molecule has 21 heavy (non-hydrogen) atoms. The minimum absolute atomic E-state index is 0.303. The Labute approximate surface area is 125 Å². The van der Waals surface area contributed by atoms with Crippen LogP contribution in [-0.2, 0) is 14.6 Å². The monoisotopic (exact) mass is 337 g/mol.